The van der Waals surface area contributed by atoms with Crippen molar-refractivity contribution in [2.75, 3.05) is 7.05 Å². The zero-order chi connectivity index (χ0) is 9.80. The van der Waals surface area contributed by atoms with Crippen LogP contribution in [0.3, 0.4) is 0 Å². The molecule has 6 heteroatoms. The Morgan fingerprint density at radius 1 is 1.29 bits per heavy atom. The van der Waals surface area contributed by atoms with Gasteiger partial charge in [-0.15, -0.1) is 0 Å². The molecule has 5 nitrogen and oxygen atoms in total. The number of hydrogen-bond donors (Lipinski definition) is 1. The van der Waals surface area contributed by atoms with E-state index in [0.29, 0.717) is 0 Å². The average molecular weight is 207 g/mol. The second-order valence-corrected chi connectivity index (χ2v) is 3.24. The van der Waals surface area contributed by atoms with Crippen molar-refractivity contribution in [1.29, 1.82) is 0 Å². The largest absolute Gasteiger partial charge is 0.307 e. The second-order valence-electron chi connectivity index (χ2n) is 2.68. The third-order valence-corrected chi connectivity index (χ3v) is 2.33. The Bertz CT molecular complexity index is 374. The van der Waals surface area contributed by atoms with Gasteiger partial charge in [-0.05, 0) is 7.05 Å². The second kappa shape index (κ2) is 4.21. The molecule has 1 N–H and O–H groups in total. The van der Waals surface area contributed by atoms with Gasteiger partial charge in [0.05, 0.1) is 41.6 Å². The van der Waals surface area contributed by atoms with Crippen LogP contribution in [-0.4, -0.2) is 25.8 Å². The summed E-state index contributed by atoms with van der Waals surface area (Å²) < 4.78 is 8.12. The number of nitrogens with zero attached hydrogens (tertiary/aromatic N) is 4. The van der Waals surface area contributed by atoms with Gasteiger partial charge in [0, 0.05) is 12.4 Å². The Hall–Kier alpha value is -1.40. The zero-order valence-corrected chi connectivity index (χ0v) is 8.40. The fourth-order valence-electron chi connectivity index (χ4n) is 1.21. The summed E-state index contributed by atoms with van der Waals surface area (Å²) in [5.41, 5.74) is 1.72. The van der Waals surface area contributed by atoms with E-state index in [1.54, 1.807) is 24.8 Å². The Kier molecular flexibility index (Phi) is 2.76. The lowest BCUT2D eigenvalue weighted by Gasteiger charge is -2.11. The van der Waals surface area contributed by atoms with Gasteiger partial charge in [-0.25, -0.2) is 0 Å². The molecule has 0 aromatic carbocycles. The van der Waals surface area contributed by atoms with Gasteiger partial charge in [0.15, 0.2) is 0 Å². The Labute approximate surface area is 85.6 Å². The van der Waals surface area contributed by atoms with Crippen LogP contribution in [0.25, 0.3) is 0 Å². The van der Waals surface area contributed by atoms with Crippen molar-refractivity contribution in [3.05, 3.63) is 36.2 Å². The molecule has 0 aliphatic carbocycles. The van der Waals surface area contributed by atoms with E-state index in [2.05, 4.69) is 24.0 Å². The first kappa shape index (κ1) is 9.17. The molecular formula is C8H9N5S. The lowest BCUT2D eigenvalue weighted by atomic mass is 10.1. The molecule has 0 aliphatic heterocycles. The molecule has 0 amide bonds. The van der Waals surface area contributed by atoms with Gasteiger partial charge in [-0.3, -0.25) is 9.97 Å². The van der Waals surface area contributed by atoms with E-state index in [4.69, 9.17) is 0 Å². The third-order valence-electron chi connectivity index (χ3n) is 1.84. The summed E-state index contributed by atoms with van der Waals surface area (Å²) in [5.74, 6) is 0. The predicted octanol–water partition coefficient (Wildman–Crippen LogP) is 0.637. The monoisotopic (exact) mass is 207 g/mol. The third kappa shape index (κ3) is 1.75. The highest BCUT2D eigenvalue weighted by Crippen LogP contribution is 2.16. The van der Waals surface area contributed by atoms with E-state index in [1.165, 1.54) is 11.7 Å². The van der Waals surface area contributed by atoms with E-state index in [0.717, 1.165) is 11.4 Å². The number of nitrogens with one attached hydrogen (secondary N) is 1. The van der Waals surface area contributed by atoms with Crippen LogP contribution in [0, 0.1) is 0 Å². The van der Waals surface area contributed by atoms with Crippen molar-refractivity contribution in [2.45, 2.75) is 6.04 Å². The van der Waals surface area contributed by atoms with Gasteiger partial charge < -0.3 is 5.32 Å². The smallest absolute Gasteiger partial charge is 0.0974 e. The highest BCUT2D eigenvalue weighted by Gasteiger charge is 2.15. The topological polar surface area (TPSA) is 63.6 Å². The summed E-state index contributed by atoms with van der Waals surface area (Å²) >= 11 is 1.19. The van der Waals surface area contributed by atoms with Crippen LogP contribution in [0.4, 0.5) is 0 Å². The summed E-state index contributed by atoms with van der Waals surface area (Å²) in [5, 5.41) is 3.12. The summed E-state index contributed by atoms with van der Waals surface area (Å²) in [6.45, 7) is 0. The van der Waals surface area contributed by atoms with Gasteiger partial charge in [-0.2, -0.15) is 8.75 Å². The van der Waals surface area contributed by atoms with Crippen LogP contribution in [0.2, 0.25) is 0 Å². The minimum Gasteiger partial charge on any atom is -0.307 e. The van der Waals surface area contributed by atoms with Crippen LogP contribution in [-0.2, 0) is 0 Å². The maximum Gasteiger partial charge on any atom is 0.0974 e. The first-order valence-electron chi connectivity index (χ1n) is 4.12. The van der Waals surface area contributed by atoms with Crippen molar-refractivity contribution in [2.24, 2.45) is 0 Å². The average Bonchev–Trinajstić information content (AvgIpc) is 2.74. The molecule has 2 heterocycles. The van der Waals surface area contributed by atoms with Crippen LogP contribution in [0.15, 0.2) is 24.8 Å². The van der Waals surface area contributed by atoms with Crippen LogP contribution in [0.5, 0.6) is 0 Å². The van der Waals surface area contributed by atoms with E-state index in [-0.39, 0.29) is 6.04 Å². The molecule has 0 aliphatic rings. The summed E-state index contributed by atoms with van der Waals surface area (Å²) in [6, 6.07) is -0.0255. The van der Waals surface area contributed by atoms with Crippen LogP contribution >= 0.6 is 11.7 Å². The SMILES string of the molecule is CNC(c1cnccn1)c1cnsn1. The molecule has 0 fully saturated rings. The predicted molar refractivity (Wildman–Crippen MR) is 52.8 cm³/mol. The number of hydrogen-bond acceptors (Lipinski definition) is 6. The molecule has 0 radical (unpaired) electrons. The summed E-state index contributed by atoms with van der Waals surface area (Å²) in [6.07, 6.45) is 6.77. The lowest BCUT2D eigenvalue weighted by Crippen LogP contribution is -2.19. The number of aromatic nitrogens is 4. The molecule has 0 spiro atoms. The number of rotatable bonds is 3. The standard InChI is InChI=1S/C8H9N5S/c1-9-8(7-5-12-14-13-7)6-4-10-2-3-11-6/h2-5,8-9H,1H3. The van der Waals surface area contributed by atoms with Gasteiger partial charge in [0.2, 0.25) is 0 Å². The molecule has 2 rings (SSSR count). The fraction of sp³-hybridized carbons (Fsp3) is 0.250. The highest BCUT2D eigenvalue weighted by atomic mass is 32.1. The van der Waals surface area contributed by atoms with Crippen LogP contribution in [0.1, 0.15) is 17.4 Å². The molecule has 2 aromatic rings. The molecule has 2 aromatic heterocycles. The van der Waals surface area contributed by atoms with Crippen molar-refractivity contribution in [3.63, 3.8) is 0 Å². The maximum atomic E-state index is 4.22. The molecular weight excluding hydrogens is 198 g/mol. The first-order chi connectivity index (χ1) is 6.92. The molecule has 1 unspecified atom stereocenters. The molecule has 0 saturated carbocycles. The minimum atomic E-state index is -0.0255. The molecule has 1 atom stereocenters. The van der Waals surface area contributed by atoms with E-state index >= 15 is 0 Å². The zero-order valence-electron chi connectivity index (χ0n) is 7.58. The van der Waals surface area contributed by atoms with Crippen molar-refractivity contribution >= 4 is 11.7 Å². The fourth-order valence-corrected chi connectivity index (χ4v) is 1.66. The highest BCUT2D eigenvalue weighted by molar-refractivity contribution is 6.99. The first-order valence-corrected chi connectivity index (χ1v) is 4.85. The quantitative estimate of drug-likeness (QED) is 0.800. The van der Waals surface area contributed by atoms with E-state index in [1.807, 2.05) is 7.05 Å². The van der Waals surface area contributed by atoms with Gasteiger partial charge in [0.1, 0.15) is 0 Å². The molecule has 0 saturated heterocycles. The molecule has 72 valence electrons. The van der Waals surface area contributed by atoms with E-state index < -0.39 is 0 Å². The van der Waals surface area contributed by atoms with Gasteiger partial charge in [0.25, 0.3) is 0 Å². The maximum absolute atomic E-state index is 4.22. The van der Waals surface area contributed by atoms with Crippen molar-refractivity contribution < 1.29 is 0 Å². The Morgan fingerprint density at radius 2 is 2.21 bits per heavy atom. The van der Waals surface area contributed by atoms with Crippen molar-refractivity contribution in [3.8, 4) is 0 Å². The minimum absolute atomic E-state index is 0.0255. The summed E-state index contributed by atoms with van der Waals surface area (Å²) in [4.78, 5) is 8.23. The van der Waals surface area contributed by atoms with Crippen LogP contribution < -0.4 is 5.32 Å². The lowest BCUT2D eigenvalue weighted by molar-refractivity contribution is 0.653. The van der Waals surface area contributed by atoms with Gasteiger partial charge in [-0.1, -0.05) is 0 Å². The Morgan fingerprint density at radius 3 is 2.79 bits per heavy atom. The summed E-state index contributed by atoms with van der Waals surface area (Å²) in [7, 11) is 1.86. The van der Waals surface area contributed by atoms with Gasteiger partial charge >= 0.3 is 0 Å². The van der Waals surface area contributed by atoms with Crippen molar-refractivity contribution in [1.82, 2.24) is 24.0 Å². The molecule has 0 bridgehead atoms. The Balaban J connectivity index is 2.31. The normalized spacial score (nSPS) is 12.6. The molecule has 14 heavy (non-hydrogen) atoms. The van der Waals surface area contributed by atoms with E-state index in [9.17, 15) is 0 Å².